The van der Waals surface area contributed by atoms with Crippen LogP contribution in [-0.2, 0) is 4.79 Å². The van der Waals surface area contributed by atoms with Gasteiger partial charge in [0.25, 0.3) is 0 Å². The van der Waals surface area contributed by atoms with Gasteiger partial charge in [-0.05, 0) is 37.1 Å². The topological polar surface area (TPSA) is 55.1 Å². The normalized spacial score (nSPS) is 9.78. The summed E-state index contributed by atoms with van der Waals surface area (Å²) >= 11 is 5.05. The zero-order valence-electron chi connectivity index (χ0n) is 10.5. The number of thioether (sulfide) groups is 1. The highest BCUT2D eigenvalue weighted by atomic mass is 79.9. The van der Waals surface area contributed by atoms with E-state index in [0.29, 0.717) is 18.8 Å². The molecule has 3 N–H and O–H groups in total. The first kappa shape index (κ1) is 17.8. The molecule has 0 atom stereocenters. The van der Waals surface area contributed by atoms with Crippen molar-refractivity contribution in [3.05, 3.63) is 27.7 Å². The van der Waals surface area contributed by atoms with E-state index in [4.69, 9.17) is 5.73 Å². The second kappa shape index (κ2) is 8.80. The van der Waals surface area contributed by atoms with Crippen molar-refractivity contribution in [2.24, 2.45) is 5.73 Å². The van der Waals surface area contributed by atoms with Gasteiger partial charge < -0.3 is 11.1 Å². The summed E-state index contributed by atoms with van der Waals surface area (Å²) < 4.78 is 1.10. The number of halogens is 2. The van der Waals surface area contributed by atoms with E-state index in [0.717, 1.165) is 9.37 Å². The van der Waals surface area contributed by atoms with E-state index in [1.165, 1.54) is 11.1 Å². The predicted molar refractivity (Wildman–Crippen MR) is 83.7 cm³/mol. The van der Waals surface area contributed by atoms with Gasteiger partial charge in [-0.2, -0.15) is 0 Å². The SMILES string of the molecule is Cc1cc(SCC(=O)NCCN)c(C)cc1Br.Cl. The van der Waals surface area contributed by atoms with Gasteiger partial charge in [0.05, 0.1) is 5.75 Å². The first-order chi connectivity index (χ1) is 8.04. The van der Waals surface area contributed by atoms with Crippen molar-refractivity contribution in [1.82, 2.24) is 5.32 Å². The van der Waals surface area contributed by atoms with Crippen molar-refractivity contribution in [3.63, 3.8) is 0 Å². The minimum Gasteiger partial charge on any atom is -0.354 e. The Morgan fingerprint density at radius 3 is 2.67 bits per heavy atom. The third-order valence-corrected chi connectivity index (χ3v) is 4.29. The molecule has 1 aromatic rings. The van der Waals surface area contributed by atoms with Gasteiger partial charge in [0.2, 0.25) is 5.91 Å². The van der Waals surface area contributed by atoms with Crippen LogP contribution < -0.4 is 11.1 Å². The molecule has 0 fully saturated rings. The maximum absolute atomic E-state index is 11.4. The molecule has 0 aromatic heterocycles. The summed E-state index contributed by atoms with van der Waals surface area (Å²) in [5, 5.41) is 2.75. The van der Waals surface area contributed by atoms with Gasteiger partial charge in [0, 0.05) is 22.5 Å². The van der Waals surface area contributed by atoms with Crippen LogP contribution in [0.25, 0.3) is 0 Å². The number of carbonyl (C=O) groups is 1. The first-order valence-electron chi connectivity index (χ1n) is 5.41. The van der Waals surface area contributed by atoms with Crippen LogP contribution >= 0.6 is 40.1 Å². The Morgan fingerprint density at radius 1 is 1.39 bits per heavy atom. The highest BCUT2D eigenvalue weighted by molar-refractivity contribution is 9.10. The van der Waals surface area contributed by atoms with Crippen molar-refractivity contribution in [2.75, 3.05) is 18.8 Å². The van der Waals surface area contributed by atoms with Crippen LogP contribution in [0.4, 0.5) is 0 Å². The van der Waals surface area contributed by atoms with E-state index in [-0.39, 0.29) is 18.3 Å². The number of aryl methyl sites for hydroxylation is 2. The lowest BCUT2D eigenvalue weighted by Gasteiger charge is -2.08. The van der Waals surface area contributed by atoms with Crippen LogP contribution in [0.1, 0.15) is 11.1 Å². The van der Waals surface area contributed by atoms with Crippen molar-refractivity contribution >= 4 is 46.0 Å². The average molecular weight is 354 g/mol. The lowest BCUT2D eigenvalue weighted by molar-refractivity contribution is -0.118. The maximum atomic E-state index is 11.4. The van der Waals surface area contributed by atoms with E-state index in [9.17, 15) is 4.79 Å². The Bertz CT molecular complexity index is 415. The smallest absolute Gasteiger partial charge is 0.230 e. The van der Waals surface area contributed by atoms with Gasteiger partial charge in [-0.3, -0.25) is 4.79 Å². The van der Waals surface area contributed by atoms with Crippen molar-refractivity contribution in [1.29, 1.82) is 0 Å². The summed E-state index contributed by atoms with van der Waals surface area (Å²) in [5.41, 5.74) is 7.68. The average Bonchev–Trinajstić information content (AvgIpc) is 2.29. The van der Waals surface area contributed by atoms with Gasteiger partial charge in [-0.25, -0.2) is 0 Å². The number of hydrogen-bond donors (Lipinski definition) is 2. The number of hydrogen-bond acceptors (Lipinski definition) is 3. The molecule has 102 valence electrons. The molecule has 0 saturated carbocycles. The van der Waals surface area contributed by atoms with Crippen LogP contribution in [0.3, 0.4) is 0 Å². The highest BCUT2D eigenvalue weighted by Gasteiger charge is 2.06. The summed E-state index contributed by atoms with van der Waals surface area (Å²) in [7, 11) is 0. The van der Waals surface area contributed by atoms with Crippen LogP contribution in [0, 0.1) is 13.8 Å². The Labute approximate surface area is 127 Å². The molecule has 1 rings (SSSR count). The molecule has 0 unspecified atom stereocenters. The molecule has 0 bridgehead atoms. The minimum atomic E-state index is 0. The second-order valence-corrected chi connectivity index (χ2v) is 5.67. The quantitative estimate of drug-likeness (QED) is 0.800. The number of nitrogens with two attached hydrogens (primary N) is 1. The minimum absolute atomic E-state index is 0. The number of carbonyl (C=O) groups excluding carboxylic acids is 1. The number of nitrogens with one attached hydrogen (secondary N) is 1. The summed E-state index contributed by atoms with van der Waals surface area (Å²) in [6, 6.07) is 4.18. The fourth-order valence-electron chi connectivity index (χ4n) is 1.32. The zero-order valence-corrected chi connectivity index (χ0v) is 13.7. The van der Waals surface area contributed by atoms with Crippen molar-refractivity contribution in [3.8, 4) is 0 Å². The molecule has 0 aliphatic carbocycles. The van der Waals surface area contributed by atoms with E-state index >= 15 is 0 Å². The Balaban J connectivity index is 0.00000289. The summed E-state index contributed by atoms with van der Waals surface area (Å²) in [6.07, 6.45) is 0. The fraction of sp³-hybridized carbons (Fsp3) is 0.417. The maximum Gasteiger partial charge on any atom is 0.230 e. The van der Waals surface area contributed by atoms with E-state index in [1.807, 2.05) is 13.8 Å². The molecule has 1 amide bonds. The molecule has 6 heteroatoms. The lowest BCUT2D eigenvalue weighted by Crippen LogP contribution is -2.30. The molecule has 0 aliphatic rings. The van der Waals surface area contributed by atoms with E-state index in [1.54, 1.807) is 11.8 Å². The Morgan fingerprint density at radius 2 is 2.06 bits per heavy atom. The molecule has 0 saturated heterocycles. The third kappa shape index (κ3) is 5.61. The third-order valence-electron chi connectivity index (χ3n) is 2.28. The summed E-state index contributed by atoms with van der Waals surface area (Å²) in [5.74, 6) is 0.461. The van der Waals surface area contributed by atoms with E-state index in [2.05, 4.69) is 33.4 Å². The zero-order chi connectivity index (χ0) is 12.8. The van der Waals surface area contributed by atoms with Gasteiger partial charge in [0.1, 0.15) is 0 Å². The van der Waals surface area contributed by atoms with Gasteiger partial charge in [-0.15, -0.1) is 24.2 Å². The molecular formula is C12H18BrClN2OS. The van der Waals surface area contributed by atoms with Crippen molar-refractivity contribution in [2.45, 2.75) is 18.7 Å². The summed E-state index contributed by atoms with van der Waals surface area (Å²) in [6.45, 7) is 5.11. The second-order valence-electron chi connectivity index (χ2n) is 3.79. The van der Waals surface area contributed by atoms with E-state index < -0.39 is 0 Å². The van der Waals surface area contributed by atoms with Crippen LogP contribution in [0.15, 0.2) is 21.5 Å². The number of rotatable bonds is 5. The molecule has 3 nitrogen and oxygen atoms in total. The predicted octanol–water partition coefficient (Wildman–Crippen LogP) is 2.65. The molecule has 0 radical (unpaired) electrons. The van der Waals surface area contributed by atoms with Crippen LogP contribution in [-0.4, -0.2) is 24.7 Å². The molecule has 0 spiro atoms. The van der Waals surface area contributed by atoms with Crippen molar-refractivity contribution < 1.29 is 4.79 Å². The van der Waals surface area contributed by atoms with Crippen LogP contribution in [0.2, 0.25) is 0 Å². The number of amides is 1. The molecule has 0 heterocycles. The fourth-order valence-corrected chi connectivity index (χ4v) is 2.71. The first-order valence-corrected chi connectivity index (χ1v) is 7.18. The van der Waals surface area contributed by atoms with Gasteiger partial charge in [0.15, 0.2) is 0 Å². The largest absolute Gasteiger partial charge is 0.354 e. The monoisotopic (exact) mass is 352 g/mol. The molecule has 1 aromatic carbocycles. The Kier molecular flexibility index (Phi) is 8.69. The van der Waals surface area contributed by atoms with Crippen LogP contribution in [0.5, 0.6) is 0 Å². The molecule has 18 heavy (non-hydrogen) atoms. The summed E-state index contributed by atoms with van der Waals surface area (Å²) in [4.78, 5) is 12.6. The number of benzene rings is 1. The Hall–Kier alpha value is -0.230. The molecule has 0 aliphatic heterocycles. The highest BCUT2D eigenvalue weighted by Crippen LogP contribution is 2.28. The standard InChI is InChI=1S/C12H17BrN2OS.ClH/c1-8-6-11(9(2)5-10(8)13)17-7-12(16)15-4-3-14;/h5-6H,3-4,7,14H2,1-2H3,(H,15,16);1H. The van der Waals surface area contributed by atoms with Gasteiger partial charge in [-0.1, -0.05) is 15.9 Å². The lowest BCUT2D eigenvalue weighted by atomic mass is 10.2. The van der Waals surface area contributed by atoms with Gasteiger partial charge >= 0.3 is 0 Å². The molecular weight excluding hydrogens is 336 g/mol.